The molecule has 4 aromatic rings. The lowest BCUT2D eigenvalue weighted by Gasteiger charge is -2.19. The summed E-state index contributed by atoms with van der Waals surface area (Å²) >= 11 is 1.35. The zero-order chi connectivity index (χ0) is 24.5. The van der Waals surface area contributed by atoms with Gasteiger partial charge in [0.15, 0.2) is 5.75 Å². The van der Waals surface area contributed by atoms with Crippen LogP contribution >= 0.6 is 11.8 Å². The first-order valence-corrected chi connectivity index (χ1v) is 10.8. The number of rotatable bonds is 7. The van der Waals surface area contributed by atoms with E-state index in [1.165, 1.54) is 24.0 Å². The Morgan fingerprint density at radius 1 is 1.12 bits per heavy atom. The van der Waals surface area contributed by atoms with Gasteiger partial charge in [-0.05, 0) is 17.9 Å². The average Bonchev–Trinajstić information content (AvgIpc) is 3.15. The van der Waals surface area contributed by atoms with Crippen molar-refractivity contribution in [2.24, 2.45) is 0 Å². The van der Waals surface area contributed by atoms with Gasteiger partial charge in [0.05, 0.1) is 22.8 Å². The first-order valence-electron chi connectivity index (χ1n) is 9.84. The van der Waals surface area contributed by atoms with Gasteiger partial charge in [-0.15, -0.1) is 11.8 Å². The van der Waals surface area contributed by atoms with E-state index in [1.807, 2.05) is 6.92 Å². The van der Waals surface area contributed by atoms with Crippen LogP contribution in [0.4, 0.5) is 22.0 Å². The highest BCUT2D eigenvalue weighted by molar-refractivity contribution is 7.99. The molecule has 0 unspecified atom stereocenters. The topological polar surface area (TPSA) is 79.8 Å². The smallest absolute Gasteiger partial charge is 0.455 e. The largest absolute Gasteiger partial charge is 0.618 e. The van der Waals surface area contributed by atoms with E-state index in [1.54, 1.807) is 30.5 Å². The van der Waals surface area contributed by atoms with Crippen LogP contribution in [0, 0.1) is 5.21 Å². The third-order valence-electron chi connectivity index (χ3n) is 4.67. The first-order chi connectivity index (χ1) is 16.1. The maximum absolute atomic E-state index is 13.5. The quantitative estimate of drug-likeness (QED) is 0.151. The second-order valence-electron chi connectivity index (χ2n) is 7.05. The summed E-state index contributed by atoms with van der Waals surface area (Å²) < 4.78 is 71.4. The molecule has 34 heavy (non-hydrogen) atoms. The average molecular weight is 497 g/mol. The van der Waals surface area contributed by atoms with E-state index in [0.717, 1.165) is 12.4 Å². The van der Waals surface area contributed by atoms with Crippen LogP contribution < -0.4 is 9.47 Å². The number of aromatic nitrogens is 5. The summed E-state index contributed by atoms with van der Waals surface area (Å²) in [5.41, 5.74) is 0.352. The van der Waals surface area contributed by atoms with Gasteiger partial charge in [-0.3, -0.25) is 4.68 Å². The van der Waals surface area contributed by atoms with Crippen LogP contribution in [-0.4, -0.2) is 37.6 Å². The summed E-state index contributed by atoms with van der Waals surface area (Å²) in [5, 5.41) is 16.8. The molecule has 0 fully saturated rings. The number of fused-ring (bicyclic) bond motifs is 1. The van der Waals surface area contributed by atoms with Crippen molar-refractivity contribution in [3.05, 3.63) is 60.3 Å². The van der Waals surface area contributed by atoms with Crippen molar-refractivity contribution in [2.75, 3.05) is 5.75 Å². The molecule has 0 amide bonds. The molecule has 0 N–H and O–H groups in total. The Morgan fingerprint density at radius 2 is 1.91 bits per heavy atom. The highest BCUT2D eigenvalue weighted by Crippen LogP contribution is 2.37. The number of pyridine rings is 3. The maximum Gasteiger partial charge on any atom is 0.455 e. The minimum atomic E-state index is -5.71. The van der Waals surface area contributed by atoms with Crippen molar-refractivity contribution < 1.29 is 31.4 Å². The first kappa shape index (κ1) is 23.7. The Hall–Kier alpha value is -3.48. The highest BCUT2D eigenvalue weighted by atomic mass is 32.2. The predicted octanol–water partition coefficient (Wildman–Crippen LogP) is 5.23. The van der Waals surface area contributed by atoms with Gasteiger partial charge in [-0.2, -0.15) is 31.8 Å². The van der Waals surface area contributed by atoms with Crippen LogP contribution in [0.25, 0.3) is 22.3 Å². The van der Waals surface area contributed by atoms with E-state index in [-0.39, 0.29) is 28.0 Å². The number of thioether (sulfide) groups is 1. The molecule has 0 aliphatic carbocycles. The molecule has 0 saturated heterocycles. The molecular formula is C21H16F5N5O2S. The summed E-state index contributed by atoms with van der Waals surface area (Å²) in [4.78, 5) is 8.73. The predicted molar refractivity (Wildman–Crippen MR) is 114 cm³/mol. The van der Waals surface area contributed by atoms with Gasteiger partial charge in [0.1, 0.15) is 12.2 Å². The van der Waals surface area contributed by atoms with E-state index in [2.05, 4.69) is 15.1 Å². The van der Waals surface area contributed by atoms with Gasteiger partial charge in [0.2, 0.25) is 12.1 Å². The number of halogens is 5. The lowest BCUT2D eigenvalue weighted by Crippen LogP contribution is -2.40. The van der Waals surface area contributed by atoms with Gasteiger partial charge in [-0.25, -0.2) is 9.97 Å². The number of hydrogen-bond donors (Lipinski definition) is 0. The van der Waals surface area contributed by atoms with Crippen LogP contribution in [-0.2, 0) is 6.54 Å². The van der Waals surface area contributed by atoms with Gasteiger partial charge in [-0.1, -0.05) is 13.0 Å². The van der Waals surface area contributed by atoms with Crippen LogP contribution in [0.1, 0.15) is 6.92 Å². The third-order valence-corrected chi connectivity index (χ3v) is 5.58. The Kier molecular flexibility index (Phi) is 6.30. The highest BCUT2D eigenvalue weighted by Gasteiger charge is 2.57. The second-order valence-corrected chi connectivity index (χ2v) is 8.36. The van der Waals surface area contributed by atoms with Crippen molar-refractivity contribution >= 4 is 22.7 Å². The zero-order valence-corrected chi connectivity index (χ0v) is 18.3. The Morgan fingerprint density at radius 3 is 2.59 bits per heavy atom. The molecule has 0 aromatic carbocycles. The molecule has 0 spiro atoms. The van der Waals surface area contributed by atoms with Gasteiger partial charge < -0.3 is 9.94 Å². The molecule has 0 aliphatic heterocycles. The summed E-state index contributed by atoms with van der Waals surface area (Å²) in [7, 11) is 0. The molecule has 4 rings (SSSR count). The summed E-state index contributed by atoms with van der Waals surface area (Å²) in [6.07, 6.45) is -0.711. The third kappa shape index (κ3) is 4.74. The van der Waals surface area contributed by atoms with E-state index in [9.17, 15) is 27.2 Å². The fourth-order valence-corrected chi connectivity index (χ4v) is 3.96. The molecule has 0 aliphatic rings. The van der Waals surface area contributed by atoms with E-state index in [0.29, 0.717) is 25.9 Å². The van der Waals surface area contributed by atoms with E-state index >= 15 is 0 Å². The Balaban J connectivity index is 1.71. The second kappa shape index (κ2) is 9.05. The van der Waals surface area contributed by atoms with Crippen molar-refractivity contribution in [3.63, 3.8) is 0 Å². The van der Waals surface area contributed by atoms with Gasteiger partial charge in [0.25, 0.3) is 5.69 Å². The molecule has 7 nitrogen and oxygen atoms in total. The standard InChI is InChI=1S/C21H16F5N5O2S/c1-2-34-17-8-14(33-18-5-3-4-6-27-18)11-31(32)19(17)15-7-13-9-29-30(16(13)10-28-15)12-20(22,23)21(24,25)26/h3-11H,2,12H2,1H3. The lowest BCUT2D eigenvalue weighted by atomic mass is 10.2. The summed E-state index contributed by atoms with van der Waals surface area (Å²) in [5.74, 6) is -3.80. The van der Waals surface area contributed by atoms with Crippen LogP contribution in [0.5, 0.6) is 11.6 Å². The maximum atomic E-state index is 13.5. The number of nitrogens with zero attached hydrogens (tertiary/aromatic N) is 5. The number of ether oxygens (including phenoxy) is 1. The number of hydrogen-bond acceptors (Lipinski definition) is 6. The Labute approximate surface area is 193 Å². The normalized spacial score (nSPS) is 12.3. The molecule has 4 aromatic heterocycles. The Bertz CT molecular complexity index is 1310. The number of alkyl halides is 5. The van der Waals surface area contributed by atoms with Crippen molar-refractivity contribution in [1.82, 2.24) is 19.7 Å². The lowest BCUT2D eigenvalue weighted by molar-refractivity contribution is -0.596. The molecule has 0 saturated carbocycles. The zero-order valence-electron chi connectivity index (χ0n) is 17.5. The van der Waals surface area contributed by atoms with E-state index in [4.69, 9.17) is 4.74 Å². The molecule has 4 heterocycles. The summed E-state index contributed by atoms with van der Waals surface area (Å²) in [6, 6.07) is 8.13. The van der Waals surface area contributed by atoms with Crippen LogP contribution in [0.15, 0.2) is 60.0 Å². The molecular weight excluding hydrogens is 481 g/mol. The molecule has 13 heteroatoms. The van der Waals surface area contributed by atoms with Crippen LogP contribution in [0.2, 0.25) is 0 Å². The minimum absolute atomic E-state index is 0.0232. The molecule has 0 bridgehead atoms. The van der Waals surface area contributed by atoms with Crippen molar-refractivity contribution in [3.8, 4) is 23.0 Å². The summed E-state index contributed by atoms with van der Waals surface area (Å²) in [6.45, 7) is 0.205. The fourth-order valence-electron chi connectivity index (χ4n) is 3.12. The van der Waals surface area contributed by atoms with Crippen molar-refractivity contribution in [2.45, 2.75) is 30.5 Å². The molecule has 178 valence electrons. The fraction of sp³-hybridized carbons (Fsp3) is 0.238. The minimum Gasteiger partial charge on any atom is -0.618 e. The van der Waals surface area contributed by atoms with Gasteiger partial charge in [0, 0.05) is 23.7 Å². The van der Waals surface area contributed by atoms with Crippen molar-refractivity contribution in [1.29, 1.82) is 0 Å². The molecule has 0 radical (unpaired) electrons. The molecule has 0 atom stereocenters. The van der Waals surface area contributed by atoms with Gasteiger partial charge >= 0.3 is 12.1 Å². The van der Waals surface area contributed by atoms with Crippen LogP contribution in [0.3, 0.4) is 0 Å². The monoisotopic (exact) mass is 497 g/mol. The SMILES string of the molecule is CCSc1cc(Oc2ccccn2)c[n+]([O-])c1-c1cc2cnn(CC(F)(F)C(F)(F)F)c2cn1. The van der Waals surface area contributed by atoms with E-state index < -0.39 is 18.6 Å².